The van der Waals surface area contributed by atoms with E-state index in [1.807, 2.05) is 0 Å². The number of carbonyl (C=O) groups is 1. The van der Waals surface area contributed by atoms with Gasteiger partial charge in [0.05, 0.1) is 10.5 Å². The van der Waals surface area contributed by atoms with Gasteiger partial charge in [-0.15, -0.1) is 0 Å². The second-order valence-corrected chi connectivity index (χ2v) is 8.50. The van der Waals surface area contributed by atoms with Gasteiger partial charge < -0.3 is 9.88 Å². The molecule has 1 saturated heterocycles. The van der Waals surface area contributed by atoms with Crippen molar-refractivity contribution in [2.45, 2.75) is 30.5 Å². The van der Waals surface area contributed by atoms with Gasteiger partial charge in [-0.05, 0) is 43.2 Å². The molecular weight excluding hydrogens is 411 g/mol. The van der Waals surface area contributed by atoms with Crippen LogP contribution in [0.15, 0.2) is 52.3 Å². The third-order valence-corrected chi connectivity index (χ3v) is 6.35. The second-order valence-electron chi connectivity index (χ2n) is 6.57. The lowest BCUT2D eigenvalue weighted by atomic mass is 10.2. The van der Waals surface area contributed by atoms with E-state index >= 15 is 0 Å². The molecule has 0 bridgehead atoms. The molecule has 1 aliphatic heterocycles. The van der Waals surface area contributed by atoms with Crippen LogP contribution >= 0.6 is 0 Å². The van der Waals surface area contributed by atoms with E-state index in [1.54, 1.807) is 0 Å². The number of anilines is 1. The summed E-state index contributed by atoms with van der Waals surface area (Å²) in [6, 6.07) is 6.10. The van der Waals surface area contributed by atoms with Crippen molar-refractivity contribution in [1.82, 2.24) is 8.87 Å². The van der Waals surface area contributed by atoms with Gasteiger partial charge in [-0.25, -0.2) is 8.42 Å². The number of alkyl halides is 3. The smallest absolute Gasteiger partial charge is 0.325 e. The van der Waals surface area contributed by atoms with E-state index in [1.165, 1.54) is 10.4 Å². The van der Waals surface area contributed by atoms with Gasteiger partial charge in [0, 0.05) is 31.0 Å². The summed E-state index contributed by atoms with van der Waals surface area (Å²) in [5.74, 6) is -0.678. The molecule has 1 aliphatic rings. The Bertz CT molecular complexity index is 1060. The molecule has 1 N–H and O–H groups in total. The molecule has 0 spiro atoms. The average Bonchev–Trinajstić information content (AvgIpc) is 3.18. The maximum absolute atomic E-state index is 12.6. The first-order chi connectivity index (χ1) is 13.6. The van der Waals surface area contributed by atoms with Gasteiger partial charge in [0.15, 0.2) is 0 Å². The van der Waals surface area contributed by atoms with Crippen molar-refractivity contribution in [1.29, 1.82) is 0 Å². The predicted octanol–water partition coefficient (Wildman–Crippen LogP) is 2.29. The summed E-state index contributed by atoms with van der Waals surface area (Å²) in [4.78, 5) is 24.1. The number of sulfonamides is 1. The zero-order valence-electron chi connectivity index (χ0n) is 15.1. The Morgan fingerprint density at radius 1 is 1.03 bits per heavy atom. The summed E-state index contributed by atoms with van der Waals surface area (Å²) in [5, 5.41) is 2.38. The van der Waals surface area contributed by atoms with Gasteiger partial charge in [-0.2, -0.15) is 17.5 Å². The number of pyridine rings is 1. The third-order valence-electron chi connectivity index (χ3n) is 4.47. The van der Waals surface area contributed by atoms with Gasteiger partial charge in [0.25, 0.3) is 5.56 Å². The molecule has 1 aromatic heterocycles. The van der Waals surface area contributed by atoms with Crippen molar-refractivity contribution in [2.75, 3.05) is 18.4 Å². The quantitative estimate of drug-likeness (QED) is 0.790. The number of rotatable bonds is 5. The fraction of sp³-hybridized carbons (Fsp3) is 0.333. The molecule has 2 aromatic rings. The maximum atomic E-state index is 12.6. The molecule has 0 aliphatic carbocycles. The Labute approximate surface area is 164 Å². The Morgan fingerprint density at radius 3 is 2.24 bits per heavy atom. The molecule has 0 radical (unpaired) electrons. The highest BCUT2D eigenvalue weighted by molar-refractivity contribution is 7.89. The van der Waals surface area contributed by atoms with Crippen molar-refractivity contribution >= 4 is 21.6 Å². The van der Waals surface area contributed by atoms with Gasteiger partial charge in [0.2, 0.25) is 15.9 Å². The van der Waals surface area contributed by atoms with E-state index < -0.39 is 39.8 Å². The van der Waals surface area contributed by atoms with Crippen LogP contribution in [0.2, 0.25) is 0 Å². The average molecular weight is 429 g/mol. The molecule has 0 saturated carbocycles. The molecule has 11 heteroatoms. The van der Waals surface area contributed by atoms with E-state index in [2.05, 4.69) is 5.32 Å². The largest absolute Gasteiger partial charge is 0.416 e. The number of nitrogens with one attached hydrogen (secondary N) is 1. The standard InChI is InChI=1S/C18H18F3N3O4S/c19-18(20,21)13-3-5-14(6-4-13)22-16(25)12-23-11-15(7-8-17(23)26)29(27,28)24-9-1-2-10-24/h3-8,11H,1-2,9-10,12H2,(H,22,25). The SMILES string of the molecule is O=C(Cn1cc(S(=O)(=O)N2CCCC2)ccc1=O)Nc1ccc(C(F)(F)F)cc1. The molecule has 7 nitrogen and oxygen atoms in total. The zero-order chi connectivity index (χ0) is 21.2. The van der Waals surface area contributed by atoms with Crippen LogP contribution in [0.5, 0.6) is 0 Å². The van der Waals surface area contributed by atoms with E-state index in [0.29, 0.717) is 13.1 Å². The maximum Gasteiger partial charge on any atom is 0.416 e. The molecule has 3 rings (SSSR count). The minimum Gasteiger partial charge on any atom is -0.325 e. The molecule has 1 aromatic carbocycles. The Balaban J connectivity index is 1.74. The minimum atomic E-state index is -4.49. The Kier molecular flexibility index (Phi) is 5.80. The van der Waals surface area contributed by atoms with Crippen molar-refractivity contribution < 1.29 is 26.4 Å². The fourth-order valence-electron chi connectivity index (χ4n) is 2.96. The van der Waals surface area contributed by atoms with Crippen LogP contribution in [0, 0.1) is 0 Å². The molecule has 156 valence electrons. The Hall–Kier alpha value is -2.66. The van der Waals surface area contributed by atoms with Crippen molar-refractivity contribution in [3.63, 3.8) is 0 Å². The second kappa shape index (κ2) is 7.99. The summed E-state index contributed by atoms with van der Waals surface area (Å²) in [7, 11) is -3.76. The fourth-order valence-corrected chi connectivity index (χ4v) is 4.50. The van der Waals surface area contributed by atoms with Gasteiger partial charge >= 0.3 is 6.18 Å². The van der Waals surface area contributed by atoms with Crippen LogP contribution < -0.4 is 10.9 Å². The summed E-state index contributed by atoms with van der Waals surface area (Å²) >= 11 is 0. The number of amides is 1. The monoisotopic (exact) mass is 429 g/mol. The number of hydrogen-bond donors (Lipinski definition) is 1. The van der Waals surface area contributed by atoms with E-state index in [9.17, 15) is 31.2 Å². The number of nitrogens with zero attached hydrogens (tertiary/aromatic N) is 2. The lowest BCUT2D eigenvalue weighted by Gasteiger charge is -2.16. The summed E-state index contributed by atoms with van der Waals surface area (Å²) in [5.41, 5.74) is -1.31. The van der Waals surface area contributed by atoms with Crippen molar-refractivity contribution in [2.24, 2.45) is 0 Å². The van der Waals surface area contributed by atoms with Crippen molar-refractivity contribution in [3.05, 3.63) is 58.5 Å². The molecular formula is C18H18F3N3O4S. The molecule has 0 atom stereocenters. The lowest BCUT2D eigenvalue weighted by Crippen LogP contribution is -2.31. The van der Waals surface area contributed by atoms with Crippen LogP contribution in [0.25, 0.3) is 0 Å². The van der Waals surface area contributed by atoms with Crippen molar-refractivity contribution in [3.8, 4) is 0 Å². The number of carbonyl (C=O) groups excluding carboxylic acids is 1. The lowest BCUT2D eigenvalue weighted by molar-refractivity contribution is -0.137. The topological polar surface area (TPSA) is 88.5 Å². The van der Waals surface area contributed by atoms with Gasteiger partial charge in [0.1, 0.15) is 6.54 Å². The highest BCUT2D eigenvalue weighted by atomic mass is 32.2. The van der Waals surface area contributed by atoms with Crippen LogP contribution in [0.4, 0.5) is 18.9 Å². The van der Waals surface area contributed by atoms with E-state index in [0.717, 1.165) is 53.9 Å². The highest BCUT2D eigenvalue weighted by Crippen LogP contribution is 2.29. The summed E-state index contributed by atoms with van der Waals surface area (Å²) in [6.07, 6.45) is -1.87. The first-order valence-corrected chi connectivity index (χ1v) is 10.2. The molecule has 0 unspecified atom stereocenters. The highest BCUT2D eigenvalue weighted by Gasteiger charge is 2.30. The molecule has 1 amide bonds. The predicted molar refractivity (Wildman–Crippen MR) is 98.8 cm³/mol. The minimum absolute atomic E-state index is 0.0960. The first-order valence-electron chi connectivity index (χ1n) is 8.75. The van der Waals surface area contributed by atoms with E-state index in [-0.39, 0.29) is 10.6 Å². The number of hydrogen-bond acceptors (Lipinski definition) is 4. The van der Waals surface area contributed by atoms with Crippen LogP contribution in [-0.2, 0) is 27.5 Å². The summed E-state index contributed by atoms with van der Waals surface area (Å²) in [6.45, 7) is 0.314. The molecule has 1 fully saturated rings. The number of halogens is 3. The van der Waals surface area contributed by atoms with Crippen LogP contribution in [-0.4, -0.2) is 36.3 Å². The van der Waals surface area contributed by atoms with Gasteiger partial charge in [-0.3, -0.25) is 9.59 Å². The summed E-state index contributed by atoms with van der Waals surface area (Å²) < 4.78 is 65.2. The number of benzene rings is 1. The van der Waals surface area contributed by atoms with Gasteiger partial charge in [-0.1, -0.05) is 0 Å². The first kappa shape index (κ1) is 21.1. The Morgan fingerprint density at radius 2 is 1.66 bits per heavy atom. The molecule has 2 heterocycles. The number of aromatic nitrogens is 1. The van der Waals surface area contributed by atoms with Crippen LogP contribution in [0.3, 0.4) is 0 Å². The zero-order valence-corrected chi connectivity index (χ0v) is 16.0. The molecule has 29 heavy (non-hydrogen) atoms. The van der Waals surface area contributed by atoms with Crippen LogP contribution in [0.1, 0.15) is 18.4 Å². The van der Waals surface area contributed by atoms with E-state index in [4.69, 9.17) is 0 Å². The third kappa shape index (κ3) is 4.85. The normalized spacial score (nSPS) is 15.4.